The molecule has 4 rings (SSSR count). The van der Waals surface area contributed by atoms with E-state index in [4.69, 9.17) is 4.74 Å². The van der Waals surface area contributed by atoms with E-state index in [2.05, 4.69) is 0 Å². The SMILES string of the molecule is C[C@@H](C(=O)OCC(=O)N1CC=C(c2ccccc2)CC1)N1C(=O)[C@H]2CC=CC[C@H]2C1=O. The van der Waals surface area contributed by atoms with E-state index in [1.165, 1.54) is 12.5 Å². The second kappa shape index (κ2) is 8.88. The van der Waals surface area contributed by atoms with Crippen LogP contribution in [0.25, 0.3) is 5.57 Å². The highest BCUT2D eigenvalue weighted by Crippen LogP contribution is 2.36. The van der Waals surface area contributed by atoms with E-state index in [0.717, 1.165) is 16.9 Å². The molecule has 0 bridgehead atoms. The van der Waals surface area contributed by atoms with Crippen LogP contribution in [0.3, 0.4) is 0 Å². The lowest BCUT2D eigenvalue weighted by atomic mass is 9.85. The Morgan fingerprint density at radius 2 is 1.71 bits per heavy atom. The summed E-state index contributed by atoms with van der Waals surface area (Å²) < 4.78 is 5.18. The largest absolute Gasteiger partial charge is 0.454 e. The van der Waals surface area contributed by atoms with Gasteiger partial charge in [-0.1, -0.05) is 48.6 Å². The quantitative estimate of drug-likeness (QED) is 0.413. The number of imide groups is 1. The molecule has 1 aromatic rings. The van der Waals surface area contributed by atoms with E-state index in [1.54, 1.807) is 4.90 Å². The zero-order chi connectivity index (χ0) is 22.0. The molecule has 3 atom stereocenters. The van der Waals surface area contributed by atoms with Crippen molar-refractivity contribution in [3.05, 3.63) is 54.1 Å². The van der Waals surface area contributed by atoms with Gasteiger partial charge in [-0.2, -0.15) is 0 Å². The van der Waals surface area contributed by atoms with Crippen molar-refractivity contribution in [1.82, 2.24) is 9.80 Å². The molecular formula is C24H26N2O5. The molecular weight excluding hydrogens is 396 g/mol. The lowest BCUT2D eigenvalue weighted by Gasteiger charge is -2.27. The maximum absolute atomic E-state index is 12.6. The van der Waals surface area contributed by atoms with Crippen molar-refractivity contribution in [2.45, 2.75) is 32.2 Å². The molecule has 1 aliphatic carbocycles. The van der Waals surface area contributed by atoms with Crippen LogP contribution in [0.1, 0.15) is 31.7 Å². The van der Waals surface area contributed by atoms with E-state index in [1.807, 2.05) is 48.6 Å². The summed E-state index contributed by atoms with van der Waals surface area (Å²) >= 11 is 0. The lowest BCUT2D eigenvalue weighted by Crippen LogP contribution is -2.45. The van der Waals surface area contributed by atoms with Gasteiger partial charge in [-0.3, -0.25) is 19.3 Å². The molecule has 0 aromatic heterocycles. The van der Waals surface area contributed by atoms with Crippen molar-refractivity contribution in [2.75, 3.05) is 19.7 Å². The molecule has 162 valence electrons. The van der Waals surface area contributed by atoms with Crippen LogP contribution in [0.4, 0.5) is 0 Å². The number of allylic oxidation sites excluding steroid dienone is 2. The van der Waals surface area contributed by atoms with Gasteiger partial charge in [0.15, 0.2) is 6.61 Å². The Bertz CT molecular complexity index is 926. The summed E-state index contributed by atoms with van der Waals surface area (Å²) in [5.41, 5.74) is 2.34. The number of rotatable bonds is 5. The van der Waals surface area contributed by atoms with E-state index in [-0.39, 0.29) is 17.7 Å². The first kappa shape index (κ1) is 21.0. The summed E-state index contributed by atoms with van der Waals surface area (Å²) in [7, 11) is 0. The number of hydrogen-bond donors (Lipinski definition) is 0. The maximum Gasteiger partial charge on any atom is 0.329 e. The predicted molar refractivity (Wildman–Crippen MR) is 113 cm³/mol. The molecule has 0 saturated carbocycles. The molecule has 1 fully saturated rings. The van der Waals surface area contributed by atoms with Gasteiger partial charge >= 0.3 is 5.97 Å². The highest BCUT2D eigenvalue weighted by molar-refractivity contribution is 6.08. The fourth-order valence-corrected chi connectivity index (χ4v) is 4.47. The van der Waals surface area contributed by atoms with Crippen molar-refractivity contribution < 1.29 is 23.9 Å². The van der Waals surface area contributed by atoms with Gasteiger partial charge in [0.05, 0.1) is 11.8 Å². The van der Waals surface area contributed by atoms with Crippen LogP contribution in [0, 0.1) is 11.8 Å². The van der Waals surface area contributed by atoms with Crippen molar-refractivity contribution in [3.8, 4) is 0 Å². The minimum Gasteiger partial charge on any atom is -0.454 e. The van der Waals surface area contributed by atoms with Crippen molar-refractivity contribution in [1.29, 1.82) is 0 Å². The zero-order valence-corrected chi connectivity index (χ0v) is 17.5. The molecule has 3 amide bonds. The Morgan fingerprint density at radius 1 is 1.06 bits per heavy atom. The molecule has 2 heterocycles. The van der Waals surface area contributed by atoms with Gasteiger partial charge in [-0.05, 0) is 37.3 Å². The first-order valence-electron chi connectivity index (χ1n) is 10.7. The van der Waals surface area contributed by atoms with Crippen molar-refractivity contribution >= 4 is 29.3 Å². The molecule has 0 N–H and O–H groups in total. The van der Waals surface area contributed by atoms with Gasteiger partial charge < -0.3 is 9.64 Å². The second-order valence-corrected chi connectivity index (χ2v) is 8.17. The monoisotopic (exact) mass is 422 g/mol. The van der Waals surface area contributed by atoms with E-state index < -0.39 is 30.5 Å². The standard InChI is InChI=1S/C24H26N2O5/c1-16(26-22(28)19-9-5-6-10-20(19)23(26)29)24(30)31-15-21(27)25-13-11-18(12-14-25)17-7-3-2-4-8-17/h2-8,11,16,19-20H,9-10,12-15H2,1H3/t16-,19-,20+/m0/s1. The third-order valence-electron chi connectivity index (χ3n) is 6.31. The predicted octanol–water partition coefficient (Wildman–Crippen LogP) is 2.19. The molecule has 0 radical (unpaired) electrons. The molecule has 0 spiro atoms. The maximum atomic E-state index is 12.6. The zero-order valence-electron chi connectivity index (χ0n) is 17.5. The van der Waals surface area contributed by atoms with Crippen LogP contribution in [-0.2, 0) is 23.9 Å². The average molecular weight is 422 g/mol. The molecule has 0 unspecified atom stereocenters. The Balaban J connectivity index is 1.30. The number of likely N-dealkylation sites (tertiary alicyclic amines) is 1. The highest BCUT2D eigenvalue weighted by Gasteiger charge is 2.50. The number of ether oxygens (including phenoxy) is 1. The van der Waals surface area contributed by atoms with E-state index in [9.17, 15) is 19.2 Å². The average Bonchev–Trinajstić information content (AvgIpc) is 3.07. The molecule has 1 saturated heterocycles. The summed E-state index contributed by atoms with van der Waals surface area (Å²) in [4.78, 5) is 52.8. The number of carbonyl (C=O) groups is 4. The van der Waals surface area contributed by atoms with Crippen LogP contribution >= 0.6 is 0 Å². The molecule has 1 aromatic carbocycles. The van der Waals surface area contributed by atoms with Crippen molar-refractivity contribution in [3.63, 3.8) is 0 Å². The fourth-order valence-electron chi connectivity index (χ4n) is 4.47. The summed E-state index contributed by atoms with van der Waals surface area (Å²) in [6.45, 7) is 2.08. The van der Waals surface area contributed by atoms with Gasteiger partial charge in [0.1, 0.15) is 6.04 Å². The summed E-state index contributed by atoms with van der Waals surface area (Å²) in [6.07, 6.45) is 7.56. The molecule has 31 heavy (non-hydrogen) atoms. The Labute approximate surface area is 181 Å². The third-order valence-corrected chi connectivity index (χ3v) is 6.31. The number of fused-ring (bicyclic) bond motifs is 1. The van der Waals surface area contributed by atoms with E-state index in [0.29, 0.717) is 25.9 Å². The van der Waals surface area contributed by atoms with Crippen molar-refractivity contribution in [2.24, 2.45) is 11.8 Å². The van der Waals surface area contributed by atoms with Gasteiger partial charge in [0.2, 0.25) is 11.8 Å². The fraction of sp³-hybridized carbons (Fsp3) is 0.417. The van der Waals surface area contributed by atoms with Gasteiger partial charge in [-0.15, -0.1) is 0 Å². The number of amides is 3. The summed E-state index contributed by atoms with van der Waals surface area (Å²) in [5, 5.41) is 0. The summed E-state index contributed by atoms with van der Waals surface area (Å²) in [6, 6.07) is 8.97. The first-order chi connectivity index (χ1) is 15.0. The number of esters is 1. The van der Waals surface area contributed by atoms with Gasteiger partial charge in [0.25, 0.3) is 5.91 Å². The van der Waals surface area contributed by atoms with Gasteiger partial charge in [0, 0.05) is 13.1 Å². The molecule has 7 nitrogen and oxygen atoms in total. The number of nitrogens with zero attached hydrogens (tertiary/aromatic N) is 2. The van der Waals surface area contributed by atoms with Crippen LogP contribution in [-0.4, -0.2) is 59.2 Å². The minimum absolute atomic E-state index is 0.291. The van der Waals surface area contributed by atoms with E-state index >= 15 is 0 Å². The number of carbonyl (C=O) groups excluding carboxylic acids is 4. The minimum atomic E-state index is -1.04. The molecule has 2 aliphatic heterocycles. The van der Waals surface area contributed by atoms with Crippen LogP contribution in [0.2, 0.25) is 0 Å². The van der Waals surface area contributed by atoms with Crippen LogP contribution in [0.5, 0.6) is 0 Å². The number of hydrogen-bond acceptors (Lipinski definition) is 5. The lowest BCUT2D eigenvalue weighted by molar-refractivity contribution is -0.161. The second-order valence-electron chi connectivity index (χ2n) is 8.17. The Kier molecular flexibility index (Phi) is 6.02. The smallest absolute Gasteiger partial charge is 0.329 e. The van der Waals surface area contributed by atoms with Gasteiger partial charge in [-0.25, -0.2) is 4.79 Å². The van der Waals surface area contributed by atoms with Crippen LogP contribution < -0.4 is 0 Å². The Morgan fingerprint density at radius 3 is 2.29 bits per heavy atom. The summed E-state index contributed by atoms with van der Waals surface area (Å²) in [5.74, 6) is -2.48. The normalized spacial score (nSPS) is 24.0. The first-order valence-corrected chi connectivity index (χ1v) is 10.7. The Hall–Kier alpha value is -3.22. The molecule has 7 heteroatoms. The number of benzene rings is 1. The topological polar surface area (TPSA) is 84.0 Å². The highest BCUT2D eigenvalue weighted by atomic mass is 16.5. The third kappa shape index (κ3) is 4.17. The molecule has 3 aliphatic rings. The van der Waals surface area contributed by atoms with Crippen LogP contribution in [0.15, 0.2) is 48.6 Å².